The van der Waals surface area contributed by atoms with Gasteiger partial charge in [0.1, 0.15) is 6.04 Å². The molecule has 0 saturated carbocycles. The summed E-state index contributed by atoms with van der Waals surface area (Å²) in [7, 11) is 0. The van der Waals surface area contributed by atoms with E-state index in [4.69, 9.17) is 0 Å². The lowest BCUT2D eigenvalue weighted by atomic mass is 10.1. The van der Waals surface area contributed by atoms with E-state index < -0.39 is 0 Å². The van der Waals surface area contributed by atoms with Gasteiger partial charge in [-0.05, 0) is 12.1 Å². The lowest BCUT2D eigenvalue weighted by Crippen LogP contribution is -2.37. The zero-order chi connectivity index (χ0) is 14.7. The molecular formula is C14H18BrN3O2. The first kappa shape index (κ1) is 15.0. The van der Waals surface area contributed by atoms with E-state index in [0.717, 1.165) is 15.7 Å². The first-order chi connectivity index (χ1) is 9.50. The SMILES string of the molecule is CC(C)C(=O)NCCNC1C(=O)Nc2cccc(Br)c21. The van der Waals surface area contributed by atoms with Crippen LogP contribution in [0.5, 0.6) is 0 Å². The van der Waals surface area contributed by atoms with Gasteiger partial charge in [0.05, 0.1) is 0 Å². The van der Waals surface area contributed by atoms with Crippen LogP contribution in [0.4, 0.5) is 5.69 Å². The van der Waals surface area contributed by atoms with E-state index in [-0.39, 0.29) is 23.8 Å². The third kappa shape index (κ3) is 3.19. The quantitative estimate of drug-likeness (QED) is 0.716. The van der Waals surface area contributed by atoms with Gasteiger partial charge in [-0.2, -0.15) is 0 Å². The van der Waals surface area contributed by atoms with Crippen molar-refractivity contribution in [3.05, 3.63) is 28.2 Å². The van der Waals surface area contributed by atoms with Gasteiger partial charge >= 0.3 is 0 Å². The molecule has 0 saturated heterocycles. The van der Waals surface area contributed by atoms with Gasteiger partial charge in [-0.15, -0.1) is 0 Å². The minimum absolute atomic E-state index is 0.0178. The maximum absolute atomic E-state index is 11.9. The molecule has 1 atom stereocenters. The van der Waals surface area contributed by atoms with E-state index in [9.17, 15) is 9.59 Å². The lowest BCUT2D eigenvalue weighted by Gasteiger charge is -2.13. The molecule has 0 bridgehead atoms. The van der Waals surface area contributed by atoms with Crippen LogP contribution in [0.3, 0.4) is 0 Å². The number of anilines is 1. The average molecular weight is 340 g/mol. The van der Waals surface area contributed by atoms with E-state index in [1.165, 1.54) is 0 Å². The van der Waals surface area contributed by atoms with Crippen LogP contribution in [0, 0.1) is 5.92 Å². The number of hydrogen-bond donors (Lipinski definition) is 3. The molecule has 0 fully saturated rings. The number of halogens is 1. The second kappa shape index (κ2) is 6.37. The molecule has 20 heavy (non-hydrogen) atoms. The summed E-state index contributed by atoms with van der Waals surface area (Å²) in [6.45, 7) is 4.74. The highest BCUT2D eigenvalue weighted by Crippen LogP contribution is 2.36. The van der Waals surface area contributed by atoms with Gasteiger partial charge in [-0.3, -0.25) is 9.59 Å². The van der Waals surface area contributed by atoms with Gasteiger partial charge in [0, 0.05) is 34.7 Å². The van der Waals surface area contributed by atoms with Crippen molar-refractivity contribution in [2.24, 2.45) is 5.92 Å². The number of carbonyl (C=O) groups excluding carboxylic acids is 2. The molecule has 1 heterocycles. The molecule has 0 spiro atoms. The molecule has 0 radical (unpaired) electrons. The normalized spacial score (nSPS) is 17.0. The molecule has 3 N–H and O–H groups in total. The van der Waals surface area contributed by atoms with Crippen molar-refractivity contribution >= 4 is 33.4 Å². The molecule has 108 valence electrons. The number of carbonyl (C=O) groups is 2. The van der Waals surface area contributed by atoms with Crippen LogP contribution >= 0.6 is 15.9 Å². The molecule has 6 heteroatoms. The number of amides is 2. The number of rotatable bonds is 5. The maximum Gasteiger partial charge on any atom is 0.246 e. The maximum atomic E-state index is 11.9. The van der Waals surface area contributed by atoms with Crippen LogP contribution in [0.15, 0.2) is 22.7 Å². The Labute approximate surface area is 126 Å². The smallest absolute Gasteiger partial charge is 0.246 e. The van der Waals surface area contributed by atoms with Crippen molar-refractivity contribution < 1.29 is 9.59 Å². The Morgan fingerprint density at radius 2 is 2.15 bits per heavy atom. The predicted octanol–water partition coefficient (Wildman–Crippen LogP) is 1.80. The number of fused-ring (bicyclic) bond motifs is 1. The van der Waals surface area contributed by atoms with E-state index in [1.54, 1.807) is 0 Å². The molecule has 5 nitrogen and oxygen atoms in total. The molecule has 2 amide bonds. The molecule has 0 aliphatic carbocycles. The summed E-state index contributed by atoms with van der Waals surface area (Å²) in [5, 5.41) is 8.82. The monoisotopic (exact) mass is 339 g/mol. The highest BCUT2D eigenvalue weighted by Gasteiger charge is 2.31. The Balaban J connectivity index is 1.92. The van der Waals surface area contributed by atoms with Crippen LogP contribution < -0.4 is 16.0 Å². The first-order valence-electron chi connectivity index (χ1n) is 6.61. The van der Waals surface area contributed by atoms with Gasteiger partial charge in [-0.25, -0.2) is 0 Å². The summed E-state index contributed by atoms with van der Waals surface area (Å²) in [5.41, 5.74) is 1.75. The molecule has 2 rings (SSSR count). The van der Waals surface area contributed by atoms with Crippen molar-refractivity contribution in [1.29, 1.82) is 0 Å². The van der Waals surface area contributed by atoms with Crippen LogP contribution in [0.2, 0.25) is 0 Å². The molecule has 1 aromatic rings. The van der Waals surface area contributed by atoms with Gasteiger partial charge in [-0.1, -0.05) is 35.8 Å². The summed E-state index contributed by atoms with van der Waals surface area (Å²) in [5.74, 6) is -0.0778. The highest BCUT2D eigenvalue weighted by molar-refractivity contribution is 9.10. The topological polar surface area (TPSA) is 70.2 Å². The number of hydrogen-bond acceptors (Lipinski definition) is 3. The van der Waals surface area contributed by atoms with Crippen molar-refractivity contribution in [3.8, 4) is 0 Å². The minimum Gasteiger partial charge on any atom is -0.355 e. The standard InChI is InChI=1S/C14H18BrN3O2/c1-8(2)13(19)17-7-6-16-12-11-9(15)4-3-5-10(11)18-14(12)20/h3-5,8,12,16H,6-7H2,1-2H3,(H,17,19)(H,18,20). The third-order valence-corrected chi connectivity index (χ3v) is 3.85. The second-order valence-corrected chi connectivity index (χ2v) is 5.88. The first-order valence-corrected chi connectivity index (χ1v) is 7.40. The highest BCUT2D eigenvalue weighted by atomic mass is 79.9. The Morgan fingerprint density at radius 3 is 2.85 bits per heavy atom. The molecular weight excluding hydrogens is 322 g/mol. The molecule has 0 aromatic heterocycles. The van der Waals surface area contributed by atoms with Crippen molar-refractivity contribution in [3.63, 3.8) is 0 Å². The van der Waals surface area contributed by atoms with E-state index in [0.29, 0.717) is 13.1 Å². The van der Waals surface area contributed by atoms with Crippen LogP contribution in [-0.4, -0.2) is 24.9 Å². The van der Waals surface area contributed by atoms with Gasteiger partial charge < -0.3 is 16.0 Å². The third-order valence-electron chi connectivity index (χ3n) is 3.16. The van der Waals surface area contributed by atoms with E-state index >= 15 is 0 Å². The summed E-state index contributed by atoms with van der Waals surface area (Å²) >= 11 is 3.46. The lowest BCUT2D eigenvalue weighted by molar-refractivity contribution is -0.123. The van der Waals surface area contributed by atoms with Crippen LogP contribution in [0.1, 0.15) is 25.5 Å². The Morgan fingerprint density at radius 1 is 1.40 bits per heavy atom. The Hall–Kier alpha value is -1.40. The van der Waals surface area contributed by atoms with E-state index in [2.05, 4.69) is 31.9 Å². The largest absolute Gasteiger partial charge is 0.355 e. The number of benzene rings is 1. The minimum atomic E-state index is -0.378. The van der Waals surface area contributed by atoms with Gasteiger partial charge in [0.2, 0.25) is 11.8 Å². The fourth-order valence-electron chi connectivity index (χ4n) is 2.08. The van der Waals surface area contributed by atoms with Crippen molar-refractivity contribution in [1.82, 2.24) is 10.6 Å². The second-order valence-electron chi connectivity index (χ2n) is 5.02. The zero-order valence-corrected chi connectivity index (χ0v) is 13.1. The van der Waals surface area contributed by atoms with Gasteiger partial charge in [0.25, 0.3) is 0 Å². The summed E-state index contributed by atoms with van der Waals surface area (Å²) in [4.78, 5) is 23.4. The van der Waals surface area contributed by atoms with Crippen molar-refractivity contribution in [2.75, 3.05) is 18.4 Å². The Kier molecular flexibility index (Phi) is 4.77. The molecule has 1 aromatic carbocycles. The molecule has 1 unspecified atom stereocenters. The number of nitrogens with one attached hydrogen (secondary N) is 3. The predicted molar refractivity (Wildman–Crippen MR) is 81.4 cm³/mol. The molecule has 1 aliphatic heterocycles. The van der Waals surface area contributed by atoms with E-state index in [1.807, 2.05) is 32.0 Å². The van der Waals surface area contributed by atoms with Gasteiger partial charge in [0.15, 0.2) is 0 Å². The molecule has 1 aliphatic rings. The fourth-order valence-corrected chi connectivity index (χ4v) is 2.67. The fraction of sp³-hybridized carbons (Fsp3) is 0.429. The average Bonchev–Trinajstić information content (AvgIpc) is 2.71. The van der Waals surface area contributed by atoms with Crippen LogP contribution in [-0.2, 0) is 9.59 Å². The summed E-state index contributed by atoms with van der Waals surface area (Å²) in [6, 6.07) is 5.29. The summed E-state index contributed by atoms with van der Waals surface area (Å²) < 4.78 is 0.900. The van der Waals surface area contributed by atoms with Crippen molar-refractivity contribution in [2.45, 2.75) is 19.9 Å². The zero-order valence-electron chi connectivity index (χ0n) is 11.5. The van der Waals surface area contributed by atoms with Crippen LogP contribution in [0.25, 0.3) is 0 Å². The summed E-state index contributed by atoms with van der Waals surface area (Å²) in [6.07, 6.45) is 0. The Bertz CT molecular complexity index is 531.